The first-order chi connectivity index (χ1) is 12.4. The van der Waals surface area contributed by atoms with E-state index >= 15 is 0 Å². The molecule has 0 N–H and O–H groups in total. The van der Waals surface area contributed by atoms with Crippen molar-refractivity contribution in [3.8, 4) is 16.9 Å². The van der Waals surface area contributed by atoms with Crippen molar-refractivity contribution in [3.05, 3.63) is 64.1 Å². The molecule has 0 aliphatic carbocycles. The Morgan fingerprint density at radius 1 is 1.15 bits per heavy atom. The maximum atomic E-state index is 12.7. The average molecular weight is 347 g/mol. The standard InChI is InChI=1S/C22H21NO3/c1-22(2)13-26-19-9-8-14(12-17(19)22)20-15-6-4-5-7-16(15)21(25)23(3)18(20)10-11-24/h4-9,11-12H,10,13H2,1-3H3. The lowest BCUT2D eigenvalue weighted by Crippen LogP contribution is -2.22. The highest BCUT2D eigenvalue weighted by Gasteiger charge is 2.32. The minimum absolute atomic E-state index is 0.0629. The summed E-state index contributed by atoms with van der Waals surface area (Å²) in [7, 11) is 1.73. The van der Waals surface area contributed by atoms with Crippen LogP contribution in [-0.2, 0) is 23.7 Å². The Bertz CT molecular complexity index is 1090. The zero-order valence-electron chi connectivity index (χ0n) is 15.2. The van der Waals surface area contributed by atoms with Crippen LogP contribution in [0.25, 0.3) is 21.9 Å². The van der Waals surface area contributed by atoms with Crippen molar-refractivity contribution in [3.63, 3.8) is 0 Å². The van der Waals surface area contributed by atoms with Crippen LogP contribution in [0.5, 0.6) is 5.75 Å². The molecule has 0 fully saturated rings. The molecule has 26 heavy (non-hydrogen) atoms. The molecule has 132 valence electrons. The Labute approximate surface area is 152 Å². The highest BCUT2D eigenvalue weighted by molar-refractivity contribution is 5.98. The van der Waals surface area contributed by atoms with Crippen molar-refractivity contribution in [2.24, 2.45) is 7.05 Å². The summed E-state index contributed by atoms with van der Waals surface area (Å²) in [6, 6.07) is 13.7. The maximum Gasteiger partial charge on any atom is 0.258 e. The van der Waals surface area contributed by atoms with Gasteiger partial charge in [0.15, 0.2) is 0 Å². The van der Waals surface area contributed by atoms with Crippen molar-refractivity contribution in [1.29, 1.82) is 0 Å². The number of nitrogens with zero attached hydrogens (tertiary/aromatic N) is 1. The zero-order chi connectivity index (χ0) is 18.5. The first-order valence-corrected chi connectivity index (χ1v) is 8.76. The van der Waals surface area contributed by atoms with E-state index in [0.717, 1.165) is 39.8 Å². The van der Waals surface area contributed by atoms with E-state index in [1.165, 1.54) is 0 Å². The van der Waals surface area contributed by atoms with Crippen LogP contribution in [0.15, 0.2) is 47.3 Å². The van der Waals surface area contributed by atoms with Gasteiger partial charge in [0.2, 0.25) is 0 Å². The molecular formula is C22H21NO3. The number of hydrogen-bond acceptors (Lipinski definition) is 3. The normalized spacial score (nSPS) is 14.9. The van der Waals surface area contributed by atoms with E-state index in [0.29, 0.717) is 12.0 Å². The number of carbonyl (C=O) groups excluding carboxylic acids is 1. The van der Waals surface area contributed by atoms with E-state index in [-0.39, 0.29) is 17.4 Å². The maximum absolute atomic E-state index is 12.7. The number of aromatic nitrogens is 1. The number of aldehydes is 1. The average Bonchev–Trinajstić information content (AvgIpc) is 2.94. The van der Waals surface area contributed by atoms with Gasteiger partial charge in [-0.15, -0.1) is 0 Å². The largest absolute Gasteiger partial charge is 0.492 e. The number of carbonyl (C=O) groups is 1. The van der Waals surface area contributed by atoms with Gasteiger partial charge in [0.25, 0.3) is 5.56 Å². The summed E-state index contributed by atoms with van der Waals surface area (Å²) in [4.78, 5) is 24.0. The first kappa shape index (κ1) is 16.6. The molecule has 1 aromatic heterocycles. The molecule has 0 saturated carbocycles. The van der Waals surface area contributed by atoms with Crippen molar-refractivity contribution in [2.45, 2.75) is 25.7 Å². The smallest absolute Gasteiger partial charge is 0.258 e. The monoisotopic (exact) mass is 347 g/mol. The van der Waals surface area contributed by atoms with Crippen molar-refractivity contribution in [1.82, 2.24) is 4.57 Å². The molecule has 2 heterocycles. The lowest BCUT2D eigenvalue weighted by atomic mass is 9.84. The number of hydrogen-bond donors (Lipinski definition) is 0. The van der Waals surface area contributed by atoms with Gasteiger partial charge in [-0.25, -0.2) is 0 Å². The van der Waals surface area contributed by atoms with Gasteiger partial charge in [-0.1, -0.05) is 38.1 Å². The minimum atomic E-state index is -0.0778. The molecule has 0 unspecified atom stereocenters. The van der Waals surface area contributed by atoms with E-state index in [4.69, 9.17) is 4.74 Å². The predicted octanol–water partition coefficient (Wildman–Crippen LogP) is 3.62. The summed E-state index contributed by atoms with van der Waals surface area (Å²) in [6.07, 6.45) is 1.05. The number of pyridine rings is 1. The number of fused-ring (bicyclic) bond motifs is 2. The van der Waals surface area contributed by atoms with Crippen LogP contribution in [0.3, 0.4) is 0 Å². The molecule has 0 saturated heterocycles. The molecule has 0 bridgehead atoms. The van der Waals surface area contributed by atoms with E-state index in [9.17, 15) is 9.59 Å². The third-order valence-electron chi connectivity index (χ3n) is 5.29. The quantitative estimate of drug-likeness (QED) is 0.680. The van der Waals surface area contributed by atoms with Crippen LogP contribution in [0.1, 0.15) is 25.1 Å². The molecule has 0 radical (unpaired) electrons. The molecule has 4 nitrogen and oxygen atoms in total. The number of rotatable bonds is 3. The summed E-state index contributed by atoms with van der Waals surface area (Å²) in [6.45, 7) is 4.97. The lowest BCUT2D eigenvalue weighted by Gasteiger charge is -2.19. The van der Waals surface area contributed by atoms with Gasteiger partial charge >= 0.3 is 0 Å². The Morgan fingerprint density at radius 3 is 2.62 bits per heavy atom. The van der Waals surface area contributed by atoms with E-state index in [1.54, 1.807) is 11.6 Å². The van der Waals surface area contributed by atoms with Gasteiger partial charge in [0, 0.05) is 41.1 Å². The Kier molecular flexibility index (Phi) is 3.72. The number of ether oxygens (including phenoxy) is 1. The van der Waals surface area contributed by atoms with Crippen molar-refractivity contribution < 1.29 is 9.53 Å². The van der Waals surface area contributed by atoms with Crippen molar-refractivity contribution >= 4 is 17.1 Å². The van der Waals surface area contributed by atoms with Gasteiger partial charge in [-0.3, -0.25) is 4.79 Å². The number of benzene rings is 2. The Hall–Kier alpha value is -2.88. The molecule has 0 amide bonds. The van der Waals surface area contributed by atoms with Crippen LogP contribution >= 0.6 is 0 Å². The molecule has 1 aliphatic heterocycles. The fourth-order valence-electron chi connectivity index (χ4n) is 3.83. The predicted molar refractivity (Wildman–Crippen MR) is 103 cm³/mol. The second kappa shape index (κ2) is 5.84. The third-order valence-corrected chi connectivity index (χ3v) is 5.29. The van der Waals surface area contributed by atoms with Gasteiger partial charge in [0.1, 0.15) is 12.0 Å². The van der Waals surface area contributed by atoms with Crippen LogP contribution in [0.4, 0.5) is 0 Å². The van der Waals surface area contributed by atoms with E-state index < -0.39 is 0 Å². The van der Waals surface area contributed by atoms with Crippen molar-refractivity contribution in [2.75, 3.05) is 6.61 Å². The zero-order valence-corrected chi connectivity index (χ0v) is 15.2. The lowest BCUT2D eigenvalue weighted by molar-refractivity contribution is -0.107. The van der Waals surface area contributed by atoms with Crippen LogP contribution in [0, 0.1) is 0 Å². The summed E-state index contributed by atoms with van der Waals surface area (Å²) < 4.78 is 7.40. The van der Waals surface area contributed by atoms with Gasteiger partial charge in [0.05, 0.1) is 6.61 Å². The molecule has 0 atom stereocenters. The Balaban J connectivity index is 2.09. The summed E-state index contributed by atoms with van der Waals surface area (Å²) >= 11 is 0. The summed E-state index contributed by atoms with van der Waals surface area (Å²) in [5, 5.41) is 1.54. The minimum Gasteiger partial charge on any atom is -0.492 e. The van der Waals surface area contributed by atoms with Crippen LogP contribution in [0.2, 0.25) is 0 Å². The fraction of sp³-hybridized carbons (Fsp3) is 0.273. The molecule has 4 rings (SSSR count). The molecule has 4 heteroatoms. The van der Waals surface area contributed by atoms with E-state index in [1.807, 2.05) is 36.4 Å². The fourth-order valence-corrected chi connectivity index (χ4v) is 3.83. The molecule has 0 spiro atoms. The molecule has 3 aromatic rings. The van der Waals surface area contributed by atoms with Crippen LogP contribution < -0.4 is 10.3 Å². The third kappa shape index (κ3) is 2.37. The molecule has 1 aliphatic rings. The van der Waals surface area contributed by atoms with Gasteiger partial charge in [-0.05, 0) is 29.1 Å². The van der Waals surface area contributed by atoms with E-state index in [2.05, 4.69) is 19.9 Å². The summed E-state index contributed by atoms with van der Waals surface area (Å²) in [5.41, 5.74) is 3.70. The second-order valence-electron chi connectivity index (χ2n) is 7.49. The van der Waals surface area contributed by atoms with Gasteiger partial charge in [-0.2, -0.15) is 0 Å². The molecule has 2 aromatic carbocycles. The highest BCUT2D eigenvalue weighted by atomic mass is 16.5. The van der Waals surface area contributed by atoms with Gasteiger partial charge < -0.3 is 14.1 Å². The highest BCUT2D eigenvalue weighted by Crippen LogP contribution is 2.42. The summed E-state index contributed by atoms with van der Waals surface area (Å²) in [5.74, 6) is 0.907. The SMILES string of the molecule is Cn1c(CC=O)c(-c2ccc3c(c2)C(C)(C)CO3)c2ccccc2c1=O. The first-order valence-electron chi connectivity index (χ1n) is 8.76. The topological polar surface area (TPSA) is 48.3 Å². The Morgan fingerprint density at radius 2 is 1.88 bits per heavy atom. The second-order valence-corrected chi connectivity index (χ2v) is 7.49. The van der Waals surface area contributed by atoms with Crippen LogP contribution in [-0.4, -0.2) is 17.5 Å². The molecular weight excluding hydrogens is 326 g/mol.